The SMILES string of the molecule is CC(Cl)c1nc2cccnc2n1CC(N)=O. The monoisotopic (exact) mass is 238 g/mol. The summed E-state index contributed by atoms with van der Waals surface area (Å²) in [5, 5.41) is -0.298. The van der Waals surface area contributed by atoms with Gasteiger partial charge in [-0.2, -0.15) is 0 Å². The van der Waals surface area contributed by atoms with Crippen LogP contribution in [-0.4, -0.2) is 20.4 Å². The summed E-state index contributed by atoms with van der Waals surface area (Å²) in [5.74, 6) is 0.165. The molecule has 16 heavy (non-hydrogen) atoms. The van der Waals surface area contributed by atoms with E-state index < -0.39 is 5.91 Å². The number of aromatic nitrogens is 3. The van der Waals surface area contributed by atoms with E-state index in [0.29, 0.717) is 17.0 Å². The number of fused-ring (bicyclic) bond motifs is 1. The molecule has 0 radical (unpaired) electrons. The minimum Gasteiger partial charge on any atom is -0.368 e. The van der Waals surface area contributed by atoms with Gasteiger partial charge in [-0.25, -0.2) is 9.97 Å². The predicted octanol–water partition coefficient (Wildman–Crippen LogP) is 1.22. The van der Waals surface area contributed by atoms with Crippen molar-refractivity contribution >= 4 is 28.7 Å². The molecule has 1 atom stereocenters. The molecule has 1 amide bonds. The number of hydrogen-bond donors (Lipinski definition) is 1. The van der Waals surface area contributed by atoms with Gasteiger partial charge in [0.05, 0.1) is 5.38 Å². The summed E-state index contributed by atoms with van der Waals surface area (Å²) in [6.07, 6.45) is 1.64. The third kappa shape index (κ3) is 1.86. The molecule has 0 bridgehead atoms. The molecule has 0 fully saturated rings. The Morgan fingerprint density at radius 3 is 3.06 bits per heavy atom. The molecule has 2 heterocycles. The number of pyridine rings is 1. The fourth-order valence-corrected chi connectivity index (χ4v) is 1.76. The Kier molecular flexibility index (Phi) is 2.78. The van der Waals surface area contributed by atoms with Crippen molar-refractivity contribution in [1.82, 2.24) is 14.5 Å². The van der Waals surface area contributed by atoms with Crippen LogP contribution in [0.2, 0.25) is 0 Å². The molecule has 0 aromatic carbocycles. The normalized spacial score (nSPS) is 12.9. The number of carbonyl (C=O) groups excluding carboxylic acids is 1. The highest BCUT2D eigenvalue weighted by molar-refractivity contribution is 6.20. The second-order valence-corrected chi connectivity index (χ2v) is 4.14. The minimum atomic E-state index is -0.441. The first-order chi connectivity index (χ1) is 7.59. The van der Waals surface area contributed by atoms with E-state index in [-0.39, 0.29) is 11.9 Å². The van der Waals surface area contributed by atoms with Crippen LogP contribution in [-0.2, 0) is 11.3 Å². The van der Waals surface area contributed by atoms with Crippen LogP contribution >= 0.6 is 11.6 Å². The molecule has 2 aromatic heterocycles. The Bertz CT molecular complexity index is 535. The van der Waals surface area contributed by atoms with E-state index in [1.165, 1.54) is 0 Å². The zero-order valence-electron chi connectivity index (χ0n) is 8.72. The number of amides is 1. The average Bonchev–Trinajstić information content (AvgIpc) is 2.57. The van der Waals surface area contributed by atoms with Gasteiger partial charge in [-0.3, -0.25) is 4.79 Å². The molecule has 0 aliphatic carbocycles. The Morgan fingerprint density at radius 2 is 2.44 bits per heavy atom. The summed E-state index contributed by atoms with van der Waals surface area (Å²) in [6.45, 7) is 1.83. The van der Waals surface area contributed by atoms with Gasteiger partial charge in [-0.1, -0.05) is 0 Å². The van der Waals surface area contributed by atoms with E-state index in [4.69, 9.17) is 17.3 Å². The summed E-state index contributed by atoms with van der Waals surface area (Å²) in [5.41, 5.74) is 6.53. The van der Waals surface area contributed by atoms with Gasteiger partial charge in [0.2, 0.25) is 5.91 Å². The van der Waals surface area contributed by atoms with E-state index in [2.05, 4.69) is 9.97 Å². The van der Waals surface area contributed by atoms with Gasteiger partial charge < -0.3 is 10.3 Å². The largest absolute Gasteiger partial charge is 0.368 e. The van der Waals surface area contributed by atoms with Gasteiger partial charge in [0.25, 0.3) is 0 Å². The van der Waals surface area contributed by atoms with E-state index in [0.717, 1.165) is 0 Å². The maximum absolute atomic E-state index is 11.0. The Balaban J connectivity index is 2.64. The number of rotatable bonds is 3. The van der Waals surface area contributed by atoms with Crippen LogP contribution < -0.4 is 5.73 Å². The third-order valence-electron chi connectivity index (χ3n) is 2.20. The lowest BCUT2D eigenvalue weighted by Crippen LogP contribution is -2.20. The molecule has 0 aliphatic rings. The first-order valence-electron chi connectivity index (χ1n) is 4.83. The van der Waals surface area contributed by atoms with Crippen molar-refractivity contribution in [3.63, 3.8) is 0 Å². The summed E-state index contributed by atoms with van der Waals surface area (Å²) in [6, 6.07) is 3.61. The molecule has 0 spiro atoms. The van der Waals surface area contributed by atoms with Crippen LogP contribution in [0, 0.1) is 0 Å². The molecule has 6 heteroatoms. The molecular formula is C10H11ClN4O. The van der Waals surface area contributed by atoms with Crippen LogP contribution in [0.4, 0.5) is 0 Å². The van der Waals surface area contributed by atoms with Crippen LogP contribution in [0.3, 0.4) is 0 Å². The fourth-order valence-electron chi connectivity index (χ4n) is 1.59. The number of alkyl halides is 1. The number of carbonyl (C=O) groups is 1. The molecule has 0 aliphatic heterocycles. The van der Waals surface area contributed by atoms with Crippen LogP contribution in [0.1, 0.15) is 18.1 Å². The Hall–Kier alpha value is -1.62. The van der Waals surface area contributed by atoms with Crippen molar-refractivity contribution in [1.29, 1.82) is 0 Å². The van der Waals surface area contributed by atoms with Crippen molar-refractivity contribution in [3.8, 4) is 0 Å². The third-order valence-corrected chi connectivity index (χ3v) is 2.40. The standard InChI is InChI=1S/C10H11ClN4O/c1-6(11)9-14-7-3-2-4-13-10(7)15(9)5-8(12)16/h2-4,6H,5H2,1H3,(H2,12,16). The molecule has 2 aromatic rings. The highest BCUT2D eigenvalue weighted by Crippen LogP contribution is 2.22. The molecule has 0 saturated carbocycles. The smallest absolute Gasteiger partial charge is 0.237 e. The van der Waals surface area contributed by atoms with Gasteiger partial charge >= 0.3 is 0 Å². The Labute approximate surface area is 97.2 Å². The highest BCUT2D eigenvalue weighted by Gasteiger charge is 2.16. The summed E-state index contributed by atoms with van der Waals surface area (Å²) in [7, 11) is 0. The van der Waals surface area contributed by atoms with Gasteiger partial charge in [0.1, 0.15) is 17.9 Å². The number of imidazole rings is 1. The van der Waals surface area contributed by atoms with Crippen LogP contribution in [0.15, 0.2) is 18.3 Å². The van der Waals surface area contributed by atoms with Crippen LogP contribution in [0.5, 0.6) is 0 Å². The maximum atomic E-state index is 11.0. The number of nitrogens with zero attached hydrogens (tertiary/aromatic N) is 3. The van der Waals surface area contributed by atoms with Gasteiger partial charge in [-0.15, -0.1) is 11.6 Å². The van der Waals surface area contributed by atoms with E-state index in [9.17, 15) is 4.79 Å². The van der Waals surface area contributed by atoms with Crippen molar-refractivity contribution < 1.29 is 4.79 Å². The zero-order valence-corrected chi connectivity index (χ0v) is 9.48. The zero-order chi connectivity index (χ0) is 11.7. The van der Waals surface area contributed by atoms with Gasteiger partial charge in [0.15, 0.2) is 5.65 Å². The second-order valence-electron chi connectivity index (χ2n) is 3.48. The van der Waals surface area contributed by atoms with Gasteiger partial charge in [-0.05, 0) is 19.1 Å². The van der Waals surface area contributed by atoms with E-state index >= 15 is 0 Å². The maximum Gasteiger partial charge on any atom is 0.237 e. The summed E-state index contributed by atoms with van der Waals surface area (Å²) < 4.78 is 1.65. The molecule has 2 N–H and O–H groups in total. The highest BCUT2D eigenvalue weighted by atomic mass is 35.5. The number of hydrogen-bond acceptors (Lipinski definition) is 3. The number of primary amides is 1. The van der Waals surface area contributed by atoms with Crippen LogP contribution in [0.25, 0.3) is 11.2 Å². The second kappa shape index (κ2) is 4.09. The van der Waals surface area contributed by atoms with Crippen molar-refractivity contribution in [3.05, 3.63) is 24.2 Å². The molecule has 1 unspecified atom stereocenters. The molecule has 0 saturated heterocycles. The quantitative estimate of drug-likeness (QED) is 0.817. The predicted molar refractivity (Wildman–Crippen MR) is 61.0 cm³/mol. The van der Waals surface area contributed by atoms with Crippen molar-refractivity contribution in [2.24, 2.45) is 5.73 Å². The van der Waals surface area contributed by atoms with Crippen molar-refractivity contribution in [2.45, 2.75) is 18.8 Å². The topological polar surface area (TPSA) is 73.8 Å². The van der Waals surface area contributed by atoms with Gasteiger partial charge in [0, 0.05) is 6.20 Å². The van der Waals surface area contributed by atoms with E-state index in [1.807, 2.05) is 6.07 Å². The lowest BCUT2D eigenvalue weighted by atomic mass is 10.4. The summed E-state index contributed by atoms with van der Waals surface area (Å²) in [4.78, 5) is 19.5. The van der Waals surface area contributed by atoms with Crippen molar-refractivity contribution in [2.75, 3.05) is 0 Å². The minimum absolute atomic E-state index is 0.0416. The molecule has 5 nitrogen and oxygen atoms in total. The molecular weight excluding hydrogens is 228 g/mol. The first kappa shape index (κ1) is 10.9. The fraction of sp³-hybridized carbons (Fsp3) is 0.300. The lowest BCUT2D eigenvalue weighted by Gasteiger charge is -2.06. The molecule has 2 rings (SSSR count). The summed E-state index contributed by atoms with van der Waals surface area (Å²) >= 11 is 6.00. The first-order valence-corrected chi connectivity index (χ1v) is 5.26. The lowest BCUT2D eigenvalue weighted by molar-refractivity contribution is -0.118. The number of nitrogens with two attached hydrogens (primary N) is 1. The number of halogens is 1. The molecule has 84 valence electrons. The van der Waals surface area contributed by atoms with E-state index in [1.54, 1.807) is 23.8 Å². The Morgan fingerprint density at radius 1 is 1.69 bits per heavy atom. The average molecular weight is 239 g/mol.